The van der Waals surface area contributed by atoms with E-state index in [2.05, 4.69) is 4.90 Å². The van der Waals surface area contributed by atoms with Crippen LogP contribution in [0.15, 0.2) is 47.3 Å². The Morgan fingerprint density at radius 1 is 0.889 bits per heavy atom. The first-order valence-electron chi connectivity index (χ1n) is 8.74. The maximum atomic E-state index is 14.9. The summed E-state index contributed by atoms with van der Waals surface area (Å²) in [5, 5.41) is 3.28. The minimum Gasteiger partial charge on any atom is -0.362 e. The SMILES string of the molecule is O=c1c2ccccc2c2sc(N3CCSCC3)cc2c2c(F)c(F)ccc12. The first-order chi connectivity index (χ1) is 13.1. The van der Waals surface area contributed by atoms with Gasteiger partial charge in [-0.15, -0.1) is 11.3 Å². The summed E-state index contributed by atoms with van der Waals surface area (Å²) in [6.07, 6.45) is 0. The molecular weight excluding hydrogens is 384 g/mol. The number of hydrogen-bond donors (Lipinski definition) is 0. The van der Waals surface area contributed by atoms with E-state index in [1.807, 2.05) is 30.0 Å². The molecule has 0 radical (unpaired) electrons. The highest BCUT2D eigenvalue weighted by Gasteiger charge is 2.20. The molecule has 2 heterocycles. The van der Waals surface area contributed by atoms with Crippen molar-refractivity contribution in [1.82, 2.24) is 0 Å². The number of nitrogens with zero attached hydrogens (tertiary/aromatic N) is 1. The molecule has 27 heavy (non-hydrogen) atoms. The van der Waals surface area contributed by atoms with Crippen molar-refractivity contribution in [3.8, 4) is 0 Å². The Morgan fingerprint density at radius 3 is 2.41 bits per heavy atom. The molecule has 0 atom stereocenters. The van der Waals surface area contributed by atoms with Crippen molar-refractivity contribution < 1.29 is 8.78 Å². The first kappa shape index (κ1) is 17.0. The second-order valence-corrected chi connectivity index (χ2v) is 8.84. The van der Waals surface area contributed by atoms with Gasteiger partial charge in [0.05, 0.1) is 5.00 Å². The van der Waals surface area contributed by atoms with Gasteiger partial charge in [0.2, 0.25) is 0 Å². The summed E-state index contributed by atoms with van der Waals surface area (Å²) in [4.78, 5) is 15.3. The molecule has 2 nitrogen and oxygen atoms in total. The highest BCUT2D eigenvalue weighted by atomic mass is 32.2. The lowest BCUT2D eigenvalue weighted by Gasteiger charge is -2.26. The number of anilines is 1. The average Bonchev–Trinajstić information content (AvgIpc) is 3.11. The summed E-state index contributed by atoms with van der Waals surface area (Å²) in [5.74, 6) is 0.225. The molecule has 5 rings (SSSR count). The summed E-state index contributed by atoms with van der Waals surface area (Å²) in [6.45, 7) is 1.87. The van der Waals surface area contributed by atoms with Crippen LogP contribution in [-0.2, 0) is 0 Å². The van der Waals surface area contributed by atoms with Crippen molar-refractivity contribution in [2.45, 2.75) is 0 Å². The zero-order valence-electron chi connectivity index (χ0n) is 14.3. The Balaban J connectivity index is 1.99. The van der Waals surface area contributed by atoms with Crippen LogP contribution >= 0.6 is 23.1 Å². The Bertz CT molecular complexity index is 1260. The first-order valence-corrected chi connectivity index (χ1v) is 10.7. The topological polar surface area (TPSA) is 20.3 Å². The van der Waals surface area contributed by atoms with Gasteiger partial charge in [0.1, 0.15) is 0 Å². The Hall–Kier alpha value is -2.18. The number of benzene rings is 2. The van der Waals surface area contributed by atoms with E-state index in [0.29, 0.717) is 10.8 Å². The quantitative estimate of drug-likeness (QED) is 0.427. The summed E-state index contributed by atoms with van der Waals surface area (Å²) >= 11 is 3.48. The smallest absolute Gasteiger partial charge is 0.194 e. The highest BCUT2D eigenvalue weighted by molar-refractivity contribution is 7.99. The van der Waals surface area contributed by atoms with Crippen LogP contribution in [0.25, 0.3) is 31.6 Å². The van der Waals surface area contributed by atoms with Crippen molar-refractivity contribution in [2.24, 2.45) is 0 Å². The lowest BCUT2D eigenvalue weighted by Crippen LogP contribution is -2.31. The van der Waals surface area contributed by atoms with Crippen molar-refractivity contribution in [1.29, 1.82) is 0 Å². The number of thiophene rings is 1. The van der Waals surface area contributed by atoms with Crippen LogP contribution < -0.4 is 10.3 Å². The van der Waals surface area contributed by atoms with Crippen LogP contribution in [0.1, 0.15) is 0 Å². The van der Waals surface area contributed by atoms with E-state index in [0.717, 1.165) is 45.7 Å². The lowest BCUT2D eigenvalue weighted by atomic mass is 10.1. The number of halogens is 2. The van der Waals surface area contributed by atoms with Gasteiger partial charge in [-0.25, -0.2) is 8.78 Å². The number of fused-ring (bicyclic) bond motifs is 5. The molecule has 4 aromatic rings. The fourth-order valence-electron chi connectivity index (χ4n) is 3.73. The van der Waals surface area contributed by atoms with E-state index in [1.54, 1.807) is 23.5 Å². The predicted molar refractivity (Wildman–Crippen MR) is 113 cm³/mol. The number of rotatable bonds is 1. The molecule has 1 saturated heterocycles. The Labute approximate surface area is 162 Å². The second-order valence-electron chi connectivity index (χ2n) is 6.59. The molecule has 1 aromatic heterocycles. The molecule has 0 N–H and O–H groups in total. The molecule has 0 aliphatic carbocycles. The van der Waals surface area contributed by atoms with E-state index in [4.69, 9.17) is 0 Å². The van der Waals surface area contributed by atoms with E-state index >= 15 is 0 Å². The van der Waals surface area contributed by atoms with Gasteiger partial charge >= 0.3 is 0 Å². The van der Waals surface area contributed by atoms with Crippen molar-refractivity contribution >= 4 is 59.7 Å². The van der Waals surface area contributed by atoms with Crippen molar-refractivity contribution in [3.05, 3.63) is 64.3 Å². The zero-order chi connectivity index (χ0) is 18.5. The van der Waals surface area contributed by atoms with Crippen LogP contribution in [0.2, 0.25) is 0 Å². The molecule has 0 unspecified atom stereocenters. The monoisotopic (exact) mass is 399 g/mol. The Morgan fingerprint density at radius 2 is 1.63 bits per heavy atom. The molecule has 136 valence electrons. The van der Waals surface area contributed by atoms with Crippen LogP contribution in [0.4, 0.5) is 13.8 Å². The third-order valence-corrected chi connectivity index (χ3v) is 7.24. The fourth-order valence-corrected chi connectivity index (χ4v) is 5.89. The Kier molecular flexibility index (Phi) is 4.06. The van der Waals surface area contributed by atoms with Gasteiger partial charge < -0.3 is 4.90 Å². The maximum Gasteiger partial charge on any atom is 0.194 e. The van der Waals surface area contributed by atoms with E-state index in [1.165, 1.54) is 6.07 Å². The molecular formula is C21H15F2NOS2. The fraction of sp³-hybridized carbons (Fsp3) is 0.190. The molecule has 1 aliphatic heterocycles. The maximum absolute atomic E-state index is 14.9. The normalized spacial score (nSPS) is 15.1. The summed E-state index contributed by atoms with van der Waals surface area (Å²) in [5.41, 5.74) is -0.265. The second kappa shape index (κ2) is 6.46. The third-order valence-electron chi connectivity index (χ3n) is 5.07. The third kappa shape index (κ3) is 2.62. The predicted octanol–water partition coefficient (Wildman–Crippen LogP) is 5.40. The summed E-state index contributed by atoms with van der Waals surface area (Å²) < 4.78 is 29.7. The highest BCUT2D eigenvalue weighted by Crippen LogP contribution is 2.40. The minimum absolute atomic E-state index is 0.0834. The zero-order valence-corrected chi connectivity index (χ0v) is 15.9. The summed E-state index contributed by atoms with van der Waals surface area (Å²) in [7, 11) is 0. The van der Waals surface area contributed by atoms with Gasteiger partial charge in [-0.1, -0.05) is 24.3 Å². The molecule has 6 heteroatoms. The molecule has 0 bridgehead atoms. The van der Waals surface area contributed by atoms with Gasteiger partial charge in [0.25, 0.3) is 0 Å². The van der Waals surface area contributed by atoms with Crippen LogP contribution in [0, 0.1) is 11.6 Å². The van der Waals surface area contributed by atoms with Gasteiger partial charge in [0.15, 0.2) is 17.1 Å². The largest absolute Gasteiger partial charge is 0.362 e. The molecule has 1 aliphatic rings. The molecule has 0 spiro atoms. The number of thioether (sulfide) groups is 1. The minimum atomic E-state index is -0.951. The van der Waals surface area contributed by atoms with Crippen molar-refractivity contribution in [3.63, 3.8) is 0 Å². The number of hydrogen-bond acceptors (Lipinski definition) is 4. The summed E-state index contributed by atoms with van der Waals surface area (Å²) in [6, 6.07) is 11.7. The van der Waals surface area contributed by atoms with Crippen molar-refractivity contribution in [2.75, 3.05) is 29.5 Å². The molecule has 1 fully saturated rings. The molecule has 0 saturated carbocycles. The van der Waals surface area contributed by atoms with E-state index in [-0.39, 0.29) is 16.2 Å². The van der Waals surface area contributed by atoms with Gasteiger partial charge in [-0.2, -0.15) is 11.8 Å². The molecule has 0 amide bonds. The molecule has 3 aromatic carbocycles. The average molecular weight is 399 g/mol. The van der Waals surface area contributed by atoms with Crippen LogP contribution in [-0.4, -0.2) is 24.6 Å². The van der Waals surface area contributed by atoms with Gasteiger partial charge in [-0.05, 0) is 18.2 Å². The lowest BCUT2D eigenvalue weighted by molar-refractivity contribution is 0.517. The van der Waals surface area contributed by atoms with Gasteiger partial charge in [0, 0.05) is 56.2 Å². The van der Waals surface area contributed by atoms with Gasteiger partial charge in [-0.3, -0.25) is 4.79 Å². The van der Waals surface area contributed by atoms with E-state index < -0.39 is 11.6 Å². The standard InChI is InChI=1S/C21H15F2NOS2/c22-16-6-5-14-18(19(16)23)15-11-17(24-7-9-26-10-8-24)27-21(15)13-4-2-1-3-12(13)20(14)25/h1-6,11H,7-10H2. The van der Waals surface area contributed by atoms with Crippen LogP contribution in [0.3, 0.4) is 0 Å². The van der Waals surface area contributed by atoms with Crippen LogP contribution in [0.5, 0.6) is 0 Å². The van der Waals surface area contributed by atoms with E-state index in [9.17, 15) is 13.6 Å².